The fourth-order valence-electron chi connectivity index (χ4n) is 2.54. The van der Waals surface area contributed by atoms with Crippen LogP contribution in [0.4, 0.5) is 5.69 Å². The molecule has 0 fully saturated rings. The van der Waals surface area contributed by atoms with Crippen molar-refractivity contribution in [1.82, 2.24) is 0 Å². The van der Waals surface area contributed by atoms with Gasteiger partial charge in [0.2, 0.25) is 0 Å². The molecule has 0 spiro atoms. The Hall–Kier alpha value is -2.42. The molecule has 3 nitrogen and oxygen atoms in total. The summed E-state index contributed by atoms with van der Waals surface area (Å²) in [5.41, 5.74) is 1.03. The van der Waals surface area contributed by atoms with Crippen molar-refractivity contribution in [1.29, 1.82) is 0 Å². The highest BCUT2D eigenvalue weighted by Gasteiger charge is 2.17. The van der Waals surface area contributed by atoms with E-state index in [4.69, 9.17) is 0 Å². The molecule has 0 saturated carbocycles. The molecule has 0 aliphatic rings. The Labute approximate surface area is 110 Å². The van der Waals surface area contributed by atoms with E-state index in [0.717, 1.165) is 27.1 Å². The van der Waals surface area contributed by atoms with Crippen LogP contribution in [0.15, 0.2) is 48.5 Å². The smallest absolute Gasteiger partial charge is 0.258 e. The highest BCUT2D eigenvalue weighted by Crippen LogP contribution is 2.33. The lowest BCUT2D eigenvalue weighted by atomic mass is 9.99. The van der Waals surface area contributed by atoms with Crippen LogP contribution in [0.5, 0.6) is 0 Å². The number of rotatable bonds is 2. The van der Waals surface area contributed by atoms with Crippen molar-refractivity contribution in [3.05, 3.63) is 64.2 Å². The van der Waals surface area contributed by atoms with E-state index in [0.29, 0.717) is 6.42 Å². The first-order valence-corrected chi connectivity index (χ1v) is 6.29. The van der Waals surface area contributed by atoms with E-state index in [1.165, 1.54) is 0 Å². The minimum absolute atomic E-state index is 0.241. The minimum atomic E-state index is -0.268. The van der Waals surface area contributed by atoms with Crippen molar-refractivity contribution in [3.63, 3.8) is 0 Å². The molecule has 3 rings (SSSR count). The molecular weight excluding hydrogens is 238 g/mol. The molecule has 0 aliphatic carbocycles. The monoisotopic (exact) mass is 251 g/mol. The number of hydrogen-bond donors (Lipinski definition) is 0. The Balaban J connectivity index is 2.47. The molecule has 0 bridgehead atoms. The predicted octanol–water partition coefficient (Wildman–Crippen LogP) is 4.46. The van der Waals surface area contributed by atoms with Gasteiger partial charge in [-0.2, -0.15) is 0 Å². The van der Waals surface area contributed by atoms with Gasteiger partial charge in [0.25, 0.3) is 5.69 Å². The van der Waals surface area contributed by atoms with E-state index in [9.17, 15) is 10.1 Å². The predicted molar refractivity (Wildman–Crippen MR) is 77.5 cm³/mol. The second-order valence-electron chi connectivity index (χ2n) is 4.60. The number of fused-ring (bicyclic) bond motifs is 2. The highest BCUT2D eigenvalue weighted by atomic mass is 16.6. The molecule has 3 aromatic carbocycles. The first-order chi connectivity index (χ1) is 9.20. The van der Waals surface area contributed by atoms with Gasteiger partial charge < -0.3 is 0 Å². The second-order valence-corrected chi connectivity index (χ2v) is 4.60. The number of nitro benzene ring substituents is 1. The quantitative estimate of drug-likeness (QED) is 0.383. The fourth-order valence-corrected chi connectivity index (χ4v) is 2.54. The van der Waals surface area contributed by atoms with E-state index in [-0.39, 0.29) is 10.6 Å². The maximum atomic E-state index is 11.3. The van der Waals surface area contributed by atoms with Gasteiger partial charge in [-0.1, -0.05) is 43.3 Å². The Morgan fingerprint density at radius 3 is 2.32 bits per heavy atom. The summed E-state index contributed by atoms with van der Waals surface area (Å²) in [6.45, 7) is 1.94. The van der Waals surface area contributed by atoms with Crippen molar-refractivity contribution >= 4 is 27.2 Å². The third-order valence-corrected chi connectivity index (χ3v) is 3.50. The second kappa shape index (κ2) is 4.35. The lowest BCUT2D eigenvalue weighted by Crippen LogP contribution is -1.95. The van der Waals surface area contributed by atoms with Gasteiger partial charge in [0.15, 0.2) is 0 Å². The molecule has 0 atom stereocenters. The van der Waals surface area contributed by atoms with E-state index < -0.39 is 0 Å². The van der Waals surface area contributed by atoms with Gasteiger partial charge in [-0.25, -0.2) is 0 Å². The molecule has 19 heavy (non-hydrogen) atoms. The molecule has 0 heterocycles. The summed E-state index contributed by atoms with van der Waals surface area (Å²) in [5, 5.41) is 15.1. The van der Waals surface area contributed by atoms with E-state index >= 15 is 0 Å². The Morgan fingerprint density at radius 2 is 1.68 bits per heavy atom. The molecule has 0 aliphatic heterocycles. The first kappa shape index (κ1) is 11.7. The van der Waals surface area contributed by atoms with Crippen LogP contribution in [0.3, 0.4) is 0 Å². The molecule has 0 amide bonds. The van der Waals surface area contributed by atoms with Crippen molar-refractivity contribution < 1.29 is 4.92 Å². The average Bonchev–Trinajstić information content (AvgIpc) is 2.43. The van der Waals surface area contributed by atoms with Crippen LogP contribution >= 0.6 is 0 Å². The Kier molecular flexibility index (Phi) is 2.67. The van der Waals surface area contributed by atoms with Crippen LogP contribution in [0, 0.1) is 10.1 Å². The van der Waals surface area contributed by atoms with Gasteiger partial charge in [0, 0.05) is 5.56 Å². The third kappa shape index (κ3) is 1.83. The lowest BCUT2D eigenvalue weighted by Gasteiger charge is -2.06. The van der Waals surface area contributed by atoms with Gasteiger partial charge in [-0.3, -0.25) is 10.1 Å². The van der Waals surface area contributed by atoms with Crippen molar-refractivity contribution in [2.75, 3.05) is 0 Å². The van der Waals surface area contributed by atoms with Gasteiger partial charge in [-0.15, -0.1) is 0 Å². The zero-order valence-corrected chi connectivity index (χ0v) is 10.6. The number of aryl methyl sites for hydroxylation is 1. The fraction of sp³-hybridized carbons (Fsp3) is 0.125. The van der Waals surface area contributed by atoms with Crippen molar-refractivity contribution in [2.45, 2.75) is 13.3 Å². The first-order valence-electron chi connectivity index (χ1n) is 6.29. The zero-order valence-electron chi connectivity index (χ0n) is 10.6. The standard InChI is InChI=1S/C16H13NO2/c1-2-11-7-8-14-9-12-5-3-4-6-13(12)10-15(14)16(11)17(18)19/h3-10H,2H2,1H3. The third-order valence-electron chi connectivity index (χ3n) is 3.50. The maximum absolute atomic E-state index is 11.3. The number of hydrogen-bond acceptors (Lipinski definition) is 2. The van der Waals surface area contributed by atoms with E-state index in [1.807, 2.05) is 55.5 Å². The molecule has 94 valence electrons. The molecule has 0 N–H and O–H groups in total. The van der Waals surface area contributed by atoms with Crippen molar-refractivity contribution in [2.24, 2.45) is 0 Å². The van der Waals surface area contributed by atoms with Crippen LogP contribution in [0.2, 0.25) is 0 Å². The van der Waals surface area contributed by atoms with E-state index in [1.54, 1.807) is 0 Å². The summed E-state index contributed by atoms with van der Waals surface area (Å²) in [4.78, 5) is 11.1. The van der Waals surface area contributed by atoms with Gasteiger partial charge in [-0.05, 0) is 34.7 Å². The Bertz CT molecular complexity index is 793. The summed E-state index contributed by atoms with van der Waals surface area (Å²) in [5.74, 6) is 0. The maximum Gasteiger partial charge on any atom is 0.280 e. The minimum Gasteiger partial charge on any atom is -0.258 e. The summed E-state index contributed by atoms with van der Waals surface area (Å²) >= 11 is 0. The van der Waals surface area contributed by atoms with Crippen LogP contribution in [0.25, 0.3) is 21.5 Å². The molecule has 0 unspecified atom stereocenters. The van der Waals surface area contributed by atoms with Gasteiger partial charge >= 0.3 is 0 Å². The summed E-state index contributed by atoms with van der Waals surface area (Å²) in [7, 11) is 0. The largest absolute Gasteiger partial charge is 0.280 e. The van der Waals surface area contributed by atoms with Crippen molar-refractivity contribution in [3.8, 4) is 0 Å². The SMILES string of the molecule is CCc1ccc2cc3ccccc3cc2c1[N+](=O)[O-]. The normalized spacial score (nSPS) is 11.0. The number of nitrogens with zero attached hydrogens (tertiary/aromatic N) is 1. The molecule has 3 aromatic rings. The Morgan fingerprint density at radius 1 is 1.00 bits per heavy atom. The lowest BCUT2D eigenvalue weighted by molar-refractivity contribution is -0.383. The average molecular weight is 251 g/mol. The van der Waals surface area contributed by atoms with Gasteiger partial charge in [0.05, 0.1) is 10.3 Å². The molecular formula is C16H13NO2. The van der Waals surface area contributed by atoms with Gasteiger partial charge in [0.1, 0.15) is 0 Å². The number of nitro groups is 1. The van der Waals surface area contributed by atoms with E-state index in [2.05, 4.69) is 0 Å². The number of benzene rings is 3. The van der Waals surface area contributed by atoms with Crippen LogP contribution < -0.4 is 0 Å². The summed E-state index contributed by atoms with van der Waals surface area (Å²) in [6.07, 6.45) is 0.666. The summed E-state index contributed by atoms with van der Waals surface area (Å²) in [6, 6.07) is 15.7. The summed E-state index contributed by atoms with van der Waals surface area (Å²) < 4.78 is 0. The zero-order chi connectivity index (χ0) is 13.4. The molecule has 0 saturated heterocycles. The molecule has 3 heteroatoms. The van der Waals surface area contributed by atoms with Crippen LogP contribution in [0.1, 0.15) is 12.5 Å². The molecule has 0 aromatic heterocycles. The molecule has 0 radical (unpaired) electrons. The van der Waals surface area contributed by atoms with Crippen LogP contribution in [-0.4, -0.2) is 4.92 Å². The van der Waals surface area contributed by atoms with Crippen LogP contribution in [-0.2, 0) is 6.42 Å². The topological polar surface area (TPSA) is 43.1 Å². The highest BCUT2D eigenvalue weighted by molar-refractivity contribution is 6.02.